The standard InChI is InChI=1S/C13H7Cl3O2/c14-9-5-10(15)12(11(16)6-9)7-1-3-8(4-2-7)13(17)18/h1-6H,(H,17,18). The van der Waals surface area contributed by atoms with Crippen molar-refractivity contribution in [2.45, 2.75) is 0 Å². The van der Waals surface area contributed by atoms with Gasteiger partial charge in [-0.15, -0.1) is 0 Å². The molecule has 0 radical (unpaired) electrons. The molecule has 0 unspecified atom stereocenters. The number of rotatable bonds is 2. The van der Waals surface area contributed by atoms with Crippen molar-refractivity contribution in [2.24, 2.45) is 0 Å². The molecule has 2 rings (SSSR count). The van der Waals surface area contributed by atoms with Crippen molar-refractivity contribution in [1.29, 1.82) is 0 Å². The van der Waals surface area contributed by atoms with Crippen LogP contribution >= 0.6 is 34.8 Å². The number of hydrogen-bond acceptors (Lipinski definition) is 1. The summed E-state index contributed by atoms with van der Waals surface area (Å²) >= 11 is 18.0. The first-order valence-corrected chi connectivity index (χ1v) is 6.10. The molecule has 0 amide bonds. The van der Waals surface area contributed by atoms with Crippen LogP contribution < -0.4 is 0 Å². The zero-order valence-electron chi connectivity index (χ0n) is 8.95. The van der Waals surface area contributed by atoms with Crippen LogP contribution in [0, 0.1) is 0 Å². The largest absolute Gasteiger partial charge is 0.478 e. The van der Waals surface area contributed by atoms with E-state index in [0.717, 1.165) is 5.56 Å². The minimum atomic E-state index is -0.977. The highest BCUT2D eigenvalue weighted by Gasteiger charge is 2.11. The van der Waals surface area contributed by atoms with E-state index in [0.29, 0.717) is 20.6 Å². The quantitative estimate of drug-likeness (QED) is 0.846. The van der Waals surface area contributed by atoms with E-state index in [1.165, 1.54) is 12.1 Å². The van der Waals surface area contributed by atoms with Gasteiger partial charge in [-0.2, -0.15) is 0 Å². The van der Waals surface area contributed by atoms with Gasteiger partial charge in [0.15, 0.2) is 0 Å². The van der Waals surface area contributed by atoms with Crippen molar-refractivity contribution in [1.82, 2.24) is 0 Å². The second kappa shape index (κ2) is 5.19. The van der Waals surface area contributed by atoms with E-state index in [2.05, 4.69) is 0 Å². The Labute approximate surface area is 119 Å². The molecule has 0 aromatic heterocycles. The van der Waals surface area contributed by atoms with Crippen LogP contribution in [0.5, 0.6) is 0 Å². The maximum atomic E-state index is 10.8. The van der Waals surface area contributed by atoms with Gasteiger partial charge < -0.3 is 5.11 Å². The van der Waals surface area contributed by atoms with Crippen LogP contribution in [-0.4, -0.2) is 11.1 Å². The molecule has 0 fully saturated rings. The van der Waals surface area contributed by atoms with Crippen molar-refractivity contribution in [2.75, 3.05) is 0 Å². The molecule has 0 saturated carbocycles. The van der Waals surface area contributed by atoms with Gasteiger partial charge in [-0.1, -0.05) is 46.9 Å². The smallest absolute Gasteiger partial charge is 0.335 e. The third-order valence-electron chi connectivity index (χ3n) is 2.43. The van der Waals surface area contributed by atoms with Crippen LogP contribution in [0.1, 0.15) is 10.4 Å². The molecule has 2 aromatic rings. The third kappa shape index (κ3) is 2.61. The van der Waals surface area contributed by atoms with E-state index in [9.17, 15) is 4.79 Å². The Balaban J connectivity index is 2.52. The Morgan fingerprint density at radius 1 is 0.944 bits per heavy atom. The van der Waals surface area contributed by atoms with Crippen LogP contribution in [0.3, 0.4) is 0 Å². The van der Waals surface area contributed by atoms with E-state index in [-0.39, 0.29) is 5.56 Å². The summed E-state index contributed by atoms with van der Waals surface area (Å²) in [6.45, 7) is 0. The van der Waals surface area contributed by atoms with E-state index in [1.54, 1.807) is 24.3 Å². The van der Waals surface area contributed by atoms with Gasteiger partial charge in [0.2, 0.25) is 0 Å². The van der Waals surface area contributed by atoms with Crippen molar-refractivity contribution >= 4 is 40.8 Å². The van der Waals surface area contributed by atoms with Gasteiger partial charge in [0.25, 0.3) is 0 Å². The summed E-state index contributed by atoms with van der Waals surface area (Å²) in [5.41, 5.74) is 1.59. The zero-order valence-corrected chi connectivity index (χ0v) is 11.2. The summed E-state index contributed by atoms with van der Waals surface area (Å²) in [7, 11) is 0. The van der Waals surface area contributed by atoms with Crippen LogP contribution in [0.2, 0.25) is 15.1 Å². The fraction of sp³-hybridized carbons (Fsp3) is 0. The number of hydrogen-bond donors (Lipinski definition) is 1. The Morgan fingerprint density at radius 3 is 1.89 bits per heavy atom. The van der Waals surface area contributed by atoms with Gasteiger partial charge in [0.05, 0.1) is 15.6 Å². The summed E-state index contributed by atoms with van der Waals surface area (Å²) in [5.74, 6) is -0.977. The summed E-state index contributed by atoms with van der Waals surface area (Å²) < 4.78 is 0. The first-order valence-electron chi connectivity index (χ1n) is 4.97. The molecule has 0 atom stereocenters. The summed E-state index contributed by atoms with van der Waals surface area (Å²) in [6.07, 6.45) is 0. The first-order chi connectivity index (χ1) is 8.49. The minimum absolute atomic E-state index is 0.208. The lowest BCUT2D eigenvalue weighted by molar-refractivity contribution is 0.0697. The summed E-state index contributed by atoms with van der Waals surface area (Å²) in [6, 6.07) is 9.50. The van der Waals surface area contributed by atoms with Gasteiger partial charge in [0, 0.05) is 10.6 Å². The lowest BCUT2D eigenvalue weighted by atomic mass is 10.0. The number of carboxylic acids is 1. The molecule has 1 N–H and O–H groups in total. The molecular weight excluding hydrogens is 294 g/mol. The lowest BCUT2D eigenvalue weighted by Gasteiger charge is -2.08. The first kappa shape index (κ1) is 13.2. The van der Waals surface area contributed by atoms with E-state index < -0.39 is 5.97 Å². The Morgan fingerprint density at radius 2 is 1.44 bits per heavy atom. The highest BCUT2D eigenvalue weighted by molar-refractivity contribution is 6.41. The van der Waals surface area contributed by atoms with Crippen molar-refractivity contribution in [3.63, 3.8) is 0 Å². The monoisotopic (exact) mass is 300 g/mol. The average molecular weight is 302 g/mol. The topological polar surface area (TPSA) is 37.3 Å². The van der Waals surface area contributed by atoms with E-state index >= 15 is 0 Å². The van der Waals surface area contributed by atoms with Crippen LogP contribution in [-0.2, 0) is 0 Å². The molecule has 0 bridgehead atoms. The summed E-state index contributed by atoms with van der Waals surface area (Å²) in [4.78, 5) is 10.8. The van der Waals surface area contributed by atoms with Gasteiger partial charge in [0.1, 0.15) is 0 Å². The molecule has 0 aliphatic carbocycles. The molecule has 92 valence electrons. The maximum Gasteiger partial charge on any atom is 0.335 e. The molecule has 0 aliphatic rings. The average Bonchev–Trinajstić information content (AvgIpc) is 2.28. The molecule has 2 aromatic carbocycles. The molecular formula is C13H7Cl3O2. The van der Waals surface area contributed by atoms with E-state index in [4.69, 9.17) is 39.9 Å². The summed E-state index contributed by atoms with van der Waals surface area (Å²) in [5, 5.41) is 10.1. The molecule has 0 saturated heterocycles. The van der Waals surface area contributed by atoms with E-state index in [1.807, 2.05) is 0 Å². The predicted molar refractivity (Wildman–Crippen MR) is 73.9 cm³/mol. The Hall–Kier alpha value is -1.22. The van der Waals surface area contributed by atoms with Gasteiger partial charge in [-0.25, -0.2) is 4.79 Å². The minimum Gasteiger partial charge on any atom is -0.478 e. The number of carboxylic acid groups (broad SMARTS) is 1. The highest BCUT2D eigenvalue weighted by Crippen LogP contribution is 2.37. The number of aromatic carboxylic acids is 1. The molecule has 0 aliphatic heterocycles. The second-order valence-corrected chi connectivity index (χ2v) is 4.88. The zero-order chi connectivity index (χ0) is 13.3. The van der Waals surface area contributed by atoms with Gasteiger partial charge >= 0.3 is 5.97 Å². The second-order valence-electron chi connectivity index (χ2n) is 3.63. The van der Waals surface area contributed by atoms with Crippen LogP contribution in [0.25, 0.3) is 11.1 Å². The Kier molecular flexibility index (Phi) is 3.81. The number of halogens is 3. The van der Waals surface area contributed by atoms with Crippen molar-refractivity contribution < 1.29 is 9.90 Å². The SMILES string of the molecule is O=C(O)c1ccc(-c2c(Cl)cc(Cl)cc2Cl)cc1. The molecule has 2 nitrogen and oxygen atoms in total. The lowest BCUT2D eigenvalue weighted by Crippen LogP contribution is -1.95. The maximum absolute atomic E-state index is 10.8. The third-order valence-corrected chi connectivity index (χ3v) is 3.24. The van der Waals surface area contributed by atoms with Crippen LogP contribution in [0.15, 0.2) is 36.4 Å². The van der Waals surface area contributed by atoms with Crippen molar-refractivity contribution in [3.8, 4) is 11.1 Å². The molecule has 5 heteroatoms. The van der Waals surface area contributed by atoms with Gasteiger partial charge in [-0.05, 0) is 29.8 Å². The Bertz CT molecular complexity index is 583. The van der Waals surface area contributed by atoms with Gasteiger partial charge in [-0.3, -0.25) is 0 Å². The normalized spacial score (nSPS) is 10.4. The van der Waals surface area contributed by atoms with Crippen LogP contribution in [0.4, 0.5) is 0 Å². The number of carbonyl (C=O) groups is 1. The highest BCUT2D eigenvalue weighted by atomic mass is 35.5. The molecule has 0 spiro atoms. The molecule has 0 heterocycles. The van der Waals surface area contributed by atoms with Crippen molar-refractivity contribution in [3.05, 3.63) is 57.0 Å². The predicted octanol–water partition coefficient (Wildman–Crippen LogP) is 5.01. The number of benzene rings is 2. The fourth-order valence-corrected chi connectivity index (χ4v) is 2.63. The fourth-order valence-electron chi connectivity index (χ4n) is 1.60. The molecule has 18 heavy (non-hydrogen) atoms.